The summed E-state index contributed by atoms with van der Waals surface area (Å²) in [6, 6.07) is 9.81. The third-order valence-corrected chi connectivity index (χ3v) is 5.03. The highest BCUT2D eigenvalue weighted by Gasteiger charge is 2.22. The van der Waals surface area contributed by atoms with Crippen LogP contribution in [0.1, 0.15) is 20.8 Å². The van der Waals surface area contributed by atoms with Crippen molar-refractivity contribution in [3.8, 4) is 5.69 Å². The lowest BCUT2D eigenvalue weighted by Crippen LogP contribution is -2.35. The molecule has 0 unspecified atom stereocenters. The molecular weight excluding hydrogens is 294 g/mol. The van der Waals surface area contributed by atoms with Crippen molar-refractivity contribution in [3.63, 3.8) is 0 Å². The second-order valence-corrected chi connectivity index (χ2v) is 6.36. The Hall–Kier alpha value is -2.40. The summed E-state index contributed by atoms with van der Waals surface area (Å²) in [5.74, 6) is 0.106. The smallest absolute Gasteiger partial charge is 0.254 e. The molecule has 5 heteroatoms. The molecule has 0 bridgehead atoms. The van der Waals surface area contributed by atoms with Gasteiger partial charge in [-0.25, -0.2) is 4.98 Å². The van der Waals surface area contributed by atoms with E-state index < -0.39 is 0 Å². The van der Waals surface area contributed by atoms with Crippen LogP contribution < -0.4 is 0 Å². The fraction of sp³-hybridized carbons (Fsp3) is 0.176. The van der Waals surface area contributed by atoms with E-state index in [1.165, 1.54) is 10.4 Å². The first kappa shape index (κ1) is 13.3. The Morgan fingerprint density at radius 3 is 2.82 bits per heavy atom. The normalized spacial score (nSPS) is 13.9. The molecule has 3 aromatic rings. The van der Waals surface area contributed by atoms with E-state index >= 15 is 0 Å². The van der Waals surface area contributed by atoms with Crippen LogP contribution in [0.15, 0.2) is 54.4 Å². The molecule has 3 heterocycles. The number of benzene rings is 1. The molecule has 0 atom stereocenters. The Bertz CT molecular complexity index is 790. The second-order valence-electron chi connectivity index (χ2n) is 5.36. The van der Waals surface area contributed by atoms with E-state index in [1.54, 1.807) is 23.9 Å². The molecule has 0 saturated carbocycles. The molecule has 0 spiro atoms. The number of hydrogen-bond donors (Lipinski definition) is 0. The van der Waals surface area contributed by atoms with Gasteiger partial charge in [-0.05, 0) is 47.7 Å². The van der Waals surface area contributed by atoms with Crippen molar-refractivity contribution in [2.75, 3.05) is 6.54 Å². The summed E-state index contributed by atoms with van der Waals surface area (Å²) in [6.07, 6.45) is 6.34. The molecule has 4 rings (SSSR count). The summed E-state index contributed by atoms with van der Waals surface area (Å²) < 4.78 is 1.92. The highest BCUT2D eigenvalue weighted by molar-refractivity contribution is 7.10. The van der Waals surface area contributed by atoms with Gasteiger partial charge in [0.1, 0.15) is 0 Å². The summed E-state index contributed by atoms with van der Waals surface area (Å²) in [7, 11) is 0. The average molecular weight is 309 g/mol. The minimum atomic E-state index is 0.106. The van der Waals surface area contributed by atoms with Crippen LogP contribution in [0.25, 0.3) is 5.69 Å². The highest BCUT2D eigenvalue weighted by Crippen LogP contribution is 2.25. The van der Waals surface area contributed by atoms with Gasteiger partial charge in [-0.1, -0.05) is 0 Å². The van der Waals surface area contributed by atoms with Gasteiger partial charge in [0.15, 0.2) is 0 Å². The van der Waals surface area contributed by atoms with Crippen molar-refractivity contribution in [1.29, 1.82) is 0 Å². The zero-order valence-electron chi connectivity index (χ0n) is 12.0. The van der Waals surface area contributed by atoms with Crippen molar-refractivity contribution in [3.05, 3.63) is 70.4 Å². The number of amides is 1. The molecule has 1 aromatic carbocycles. The minimum absolute atomic E-state index is 0.106. The van der Waals surface area contributed by atoms with Crippen molar-refractivity contribution in [1.82, 2.24) is 14.5 Å². The van der Waals surface area contributed by atoms with Crippen LogP contribution in [0.4, 0.5) is 0 Å². The van der Waals surface area contributed by atoms with Crippen LogP contribution in [0.2, 0.25) is 0 Å². The molecule has 0 aliphatic carbocycles. The summed E-state index contributed by atoms with van der Waals surface area (Å²) in [5, 5.41) is 2.11. The van der Waals surface area contributed by atoms with E-state index in [2.05, 4.69) is 16.4 Å². The van der Waals surface area contributed by atoms with Gasteiger partial charge in [0.05, 0.1) is 6.33 Å². The average Bonchev–Trinajstić information content (AvgIpc) is 3.25. The van der Waals surface area contributed by atoms with Gasteiger partial charge in [0.2, 0.25) is 0 Å². The zero-order valence-corrected chi connectivity index (χ0v) is 12.8. The lowest BCUT2D eigenvalue weighted by atomic mass is 10.1. The Labute approximate surface area is 132 Å². The largest absolute Gasteiger partial charge is 0.334 e. The molecule has 0 saturated heterocycles. The van der Waals surface area contributed by atoms with Crippen LogP contribution >= 0.6 is 11.3 Å². The number of hydrogen-bond acceptors (Lipinski definition) is 3. The standard InChI is InChI=1S/C17H15N3OS/c21-17(19-8-5-16-14(11-19)6-10-22-16)13-1-3-15(4-2-13)20-9-7-18-12-20/h1-4,6-7,9-10,12H,5,8,11H2. The van der Waals surface area contributed by atoms with Crippen LogP contribution in [0.3, 0.4) is 0 Å². The lowest BCUT2D eigenvalue weighted by Gasteiger charge is -2.27. The van der Waals surface area contributed by atoms with Gasteiger partial charge in [-0.15, -0.1) is 11.3 Å². The van der Waals surface area contributed by atoms with E-state index in [0.29, 0.717) is 0 Å². The molecule has 0 N–H and O–H groups in total. The summed E-state index contributed by atoms with van der Waals surface area (Å²) >= 11 is 1.79. The van der Waals surface area contributed by atoms with E-state index in [4.69, 9.17) is 0 Å². The first-order chi connectivity index (χ1) is 10.8. The van der Waals surface area contributed by atoms with E-state index in [-0.39, 0.29) is 5.91 Å². The molecule has 2 aromatic heterocycles. The number of carbonyl (C=O) groups excluding carboxylic acids is 1. The molecule has 0 radical (unpaired) electrons. The topological polar surface area (TPSA) is 38.1 Å². The number of aromatic nitrogens is 2. The van der Waals surface area contributed by atoms with Gasteiger partial charge in [-0.2, -0.15) is 0 Å². The van der Waals surface area contributed by atoms with Crippen LogP contribution in [-0.2, 0) is 13.0 Å². The number of nitrogens with zero attached hydrogens (tertiary/aromatic N) is 3. The van der Waals surface area contributed by atoms with Crippen LogP contribution in [0.5, 0.6) is 0 Å². The van der Waals surface area contributed by atoms with E-state index in [1.807, 2.05) is 39.9 Å². The lowest BCUT2D eigenvalue weighted by molar-refractivity contribution is 0.0736. The Balaban J connectivity index is 1.54. The molecule has 1 aliphatic rings. The van der Waals surface area contributed by atoms with Crippen LogP contribution in [-0.4, -0.2) is 26.9 Å². The highest BCUT2D eigenvalue weighted by atomic mass is 32.1. The van der Waals surface area contributed by atoms with Crippen LogP contribution in [0, 0.1) is 0 Å². The zero-order chi connectivity index (χ0) is 14.9. The maximum atomic E-state index is 12.6. The van der Waals surface area contributed by atoms with Gasteiger partial charge in [-0.3, -0.25) is 4.79 Å². The Kier molecular flexibility index (Phi) is 3.27. The quantitative estimate of drug-likeness (QED) is 0.729. The first-order valence-electron chi connectivity index (χ1n) is 7.24. The number of rotatable bonds is 2. The third kappa shape index (κ3) is 2.33. The fourth-order valence-electron chi connectivity index (χ4n) is 2.79. The van der Waals surface area contributed by atoms with Crippen molar-refractivity contribution < 1.29 is 4.79 Å². The number of thiophene rings is 1. The molecule has 1 amide bonds. The molecule has 1 aliphatic heterocycles. The number of imidazole rings is 1. The van der Waals surface area contributed by atoms with Crippen molar-refractivity contribution in [2.45, 2.75) is 13.0 Å². The summed E-state index contributed by atoms with van der Waals surface area (Å²) in [4.78, 5) is 20.0. The predicted octanol–water partition coefficient (Wildman–Crippen LogP) is 3.13. The van der Waals surface area contributed by atoms with E-state index in [0.717, 1.165) is 30.8 Å². The number of carbonyl (C=O) groups is 1. The van der Waals surface area contributed by atoms with Crippen molar-refractivity contribution >= 4 is 17.2 Å². The van der Waals surface area contributed by atoms with E-state index in [9.17, 15) is 4.79 Å². The summed E-state index contributed by atoms with van der Waals surface area (Å²) in [6.45, 7) is 1.52. The van der Waals surface area contributed by atoms with Crippen molar-refractivity contribution in [2.24, 2.45) is 0 Å². The molecule has 4 nitrogen and oxygen atoms in total. The molecule has 110 valence electrons. The second kappa shape index (κ2) is 5.42. The maximum Gasteiger partial charge on any atom is 0.254 e. The van der Waals surface area contributed by atoms with Gasteiger partial charge >= 0.3 is 0 Å². The Morgan fingerprint density at radius 2 is 2.05 bits per heavy atom. The SMILES string of the molecule is O=C(c1ccc(-n2ccnc2)cc1)N1CCc2sccc2C1. The van der Waals surface area contributed by atoms with Gasteiger partial charge in [0, 0.05) is 41.6 Å². The first-order valence-corrected chi connectivity index (χ1v) is 8.12. The predicted molar refractivity (Wildman–Crippen MR) is 86.3 cm³/mol. The molecular formula is C17H15N3OS. The maximum absolute atomic E-state index is 12.6. The molecule has 22 heavy (non-hydrogen) atoms. The minimum Gasteiger partial charge on any atom is -0.334 e. The van der Waals surface area contributed by atoms with Gasteiger partial charge < -0.3 is 9.47 Å². The fourth-order valence-corrected chi connectivity index (χ4v) is 3.68. The molecule has 0 fully saturated rings. The Morgan fingerprint density at radius 1 is 1.18 bits per heavy atom. The number of fused-ring (bicyclic) bond motifs is 1. The third-order valence-electron chi connectivity index (χ3n) is 4.01. The summed E-state index contributed by atoms with van der Waals surface area (Å²) in [5.41, 5.74) is 3.04. The monoisotopic (exact) mass is 309 g/mol. The van der Waals surface area contributed by atoms with Gasteiger partial charge in [0.25, 0.3) is 5.91 Å².